The van der Waals surface area contributed by atoms with E-state index in [1.807, 2.05) is 24.3 Å². The molecule has 3 heterocycles. The number of anilines is 1. The van der Waals surface area contributed by atoms with Crippen LogP contribution >= 0.6 is 0 Å². The van der Waals surface area contributed by atoms with E-state index in [1.165, 1.54) is 0 Å². The summed E-state index contributed by atoms with van der Waals surface area (Å²) in [6.45, 7) is 1.87. The Morgan fingerprint density at radius 1 is 1.13 bits per heavy atom. The predicted octanol–water partition coefficient (Wildman–Crippen LogP) is 3.42. The number of benzene rings is 1. The van der Waals surface area contributed by atoms with E-state index in [4.69, 9.17) is 9.72 Å². The third-order valence-corrected chi connectivity index (χ3v) is 6.48. The molecule has 0 atom stereocenters. The molecule has 1 aliphatic heterocycles. The third-order valence-electron chi connectivity index (χ3n) is 6.48. The number of hydrogen-bond donors (Lipinski definition) is 1. The van der Waals surface area contributed by atoms with E-state index >= 15 is 0 Å². The summed E-state index contributed by atoms with van der Waals surface area (Å²) in [7, 11) is 1.66. The quantitative estimate of drug-likeness (QED) is 0.681. The van der Waals surface area contributed by atoms with Gasteiger partial charge in [0.15, 0.2) is 5.82 Å². The second kappa shape index (κ2) is 8.53. The summed E-state index contributed by atoms with van der Waals surface area (Å²) in [6, 6.07) is 8.00. The zero-order valence-corrected chi connectivity index (χ0v) is 17.8. The minimum Gasteiger partial charge on any atom is -0.496 e. The van der Waals surface area contributed by atoms with Gasteiger partial charge in [-0.15, -0.1) is 0 Å². The van der Waals surface area contributed by atoms with Gasteiger partial charge in [0.2, 0.25) is 11.9 Å². The SMILES string of the molecule is COc1cccc2c1cnn2-c1ccnc(NC2CCC(C(=O)N3CCCC3)CC2)n1. The molecule has 8 heteroatoms. The highest BCUT2D eigenvalue weighted by Gasteiger charge is 2.30. The molecule has 5 rings (SSSR count). The van der Waals surface area contributed by atoms with E-state index < -0.39 is 0 Å². The highest BCUT2D eigenvalue weighted by Crippen LogP contribution is 2.29. The molecule has 3 aromatic rings. The Kier molecular flexibility index (Phi) is 5.44. The molecule has 0 unspecified atom stereocenters. The van der Waals surface area contributed by atoms with Crippen LogP contribution in [0.15, 0.2) is 36.7 Å². The lowest BCUT2D eigenvalue weighted by atomic mass is 9.85. The van der Waals surface area contributed by atoms with Crippen LogP contribution in [-0.2, 0) is 4.79 Å². The summed E-state index contributed by atoms with van der Waals surface area (Å²) in [5, 5.41) is 8.92. The maximum atomic E-state index is 12.7. The lowest BCUT2D eigenvalue weighted by Crippen LogP contribution is -2.37. The van der Waals surface area contributed by atoms with Crippen LogP contribution in [0.5, 0.6) is 5.75 Å². The first-order chi connectivity index (χ1) is 15.2. The van der Waals surface area contributed by atoms with Crippen molar-refractivity contribution in [2.75, 3.05) is 25.5 Å². The molecule has 0 bridgehead atoms. The van der Waals surface area contributed by atoms with Gasteiger partial charge in [0.1, 0.15) is 5.75 Å². The second-order valence-corrected chi connectivity index (χ2v) is 8.41. The highest BCUT2D eigenvalue weighted by molar-refractivity contribution is 5.86. The predicted molar refractivity (Wildman–Crippen MR) is 118 cm³/mol. The number of fused-ring (bicyclic) bond motifs is 1. The number of hydrogen-bond acceptors (Lipinski definition) is 6. The number of likely N-dealkylation sites (tertiary alicyclic amines) is 1. The van der Waals surface area contributed by atoms with Crippen LogP contribution in [0, 0.1) is 5.92 Å². The van der Waals surface area contributed by atoms with Gasteiger partial charge < -0.3 is 15.0 Å². The van der Waals surface area contributed by atoms with E-state index in [2.05, 4.69) is 20.3 Å². The van der Waals surface area contributed by atoms with E-state index in [-0.39, 0.29) is 12.0 Å². The molecule has 2 aromatic heterocycles. The Morgan fingerprint density at radius 2 is 1.94 bits per heavy atom. The summed E-state index contributed by atoms with van der Waals surface area (Å²) in [4.78, 5) is 23.8. The number of carbonyl (C=O) groups excluding carboxylic acids is 1. The first kappa shape index (κ1) is 19.8. The van der Waals surface area contributed by atoms with Crippen molar-refractivity contribution in [3.8, 4) is 11.6 Å². The number of nitrogens with zero attached hydrogens (tertiary/aromatic N) is 5. The average molecular weight is 421 g/mol. The van der Waals surface area contributed by atoms with Crippen LogP contribution in [0.3, 0.4) is 0 Å². The molecule has 0 spiro atoms. The maximum absolute atomic E-state index is 12.7. The molecule has 1 aromatic carbocycles. The highest BCUT2D eigenvalue weighted by atomic mass is 16.5. The molecule has 31 heavy (non-hydrogen) atoms. The first-order valence-corrected chi connectivity index (χ1v) is 11.1. The van der Waals surface area contributed by atoms with Gasteiger partial charge in [-0.25, -0.2) is 9.67 Å². The fourth-order valence-corrected chi connectivity index (χ4v) is 4.78. The molecule has 2 aliphatic rings. The third kappa shape index (κ3) is 3.94. The van der Waals surface area contributed by atoms with Crippen LogP contribution in [0.2, 0.25) is 0 Å². The maximum Gasteiger partial charge on any atom is 0.225 e. The number of nitrogens with one attached hydrogen (secondary N) is 1. The zero-order valence-electron chi connectivity index (χ0n) is 17.8. The van der Waals surface area contributed by atoms with Gasteiger partial charge in [-0.3, -0.25) is 4.79 Å². The smallest absolute Gasteiger partial charge is 0.225 e. The molecule has 8 nitrogen and oxygen atoms in total. The average Bonchev–Trinajstić information content (AvgIpc) is 3.49. The fourth-order valence-electron chi connectivity index (χ4n) is 4.78. The van der Waals surface area contributed by atoms with Gasteiger partial charge in [0, 0.05) is 37.3 Å². The van der Waals surface area contributed by atoms with E-state index in [0.717, 1.165) is 68.3 Å². The van der Waals surface area contributed by atoms with Crippen molar-refractivity contribution in [3.63, 3.8) is 0 Å². The van der Waals surface area contributed by atoms with Crippen molar-refractivity contribution in [3.05, 3.63) is 36.7 Å². The van der Waals surface area contributed by atoms with Crippen molar-refractivity contribution in [2.45, 2.75) is 44.6 Å². The first-order valence-electron chi connectivity index (χ1n) is 11.1. The summed E-state index contributed by atoms with van der Waals surface area (Å²) < 4.78 is 7.24. The molecule has 1 saturated heterocycles. The number of amides is 1. The Hall–Kier alpha value is -3.16. The molecular weight excluding hydrogens is 392 g/mol. The summed E-state index contributed by atoms with van der Waals surface area (Å²) >= 11 is 0. The number of rotatable bonds is 5. The van der Waals surface area contributed by atoms with Crippen molar-refractivity contribution < 1.29 is 9.53 Å². The topological polar surface area (TPSA) is 85.2 Å². The van der Waals surface area contributed by atoms with Gasteiger partial charge in [-0.2, -0.15) is 10.1 Å². The number of ether oxygens (including phenoxy) is 1. The standard InChI is InChI=1S/C23H28N6O2/c1-31-20-6-4-5-19-18(20)15-25-29(19)21-11-12-24-23(27-21)26-17-9-7-16(8-10-17)22(30)28-13-2-3-14-28/h4-6,11-12,15-17H,2-3,7-10,13-14H2,1H3,(H,24,26,27). The molecule has 1 aliphatic carbocycles. The van der Waals surface area contributed by atoms with Crippen molar-refractivity contribution in [1.82, 2.24) is 24.6 Å². The van der Waals surface area contributed by atoms with Crippen molar-refractivity contribution in [2.24, 2.45) is 5.92 Å². The summed E-state index contributed by atoms with van der Waals surface area (Å²) in [5.74, 6) is 2.62. The Balaban J connectivity index is 1.26. The number of methoxy groups -OCH3 is 1. The molecule has 1 saturated carbocycles. The Morgan fingerprint density at radius 3 is 2.71 bits per heavy atom. The summed E-state index contributed by atoms with van der Waals surface area (Å²) in [6.07, 6.45) is 9.61. The van der Waals surface area contributed by atoms with Gasteiger partial charge >= 0.3 is 0 Å². The van der Waals surface area contributed by atoms with E-state index in [0.29, 0.717) is 17.7 Å². The van der Waals surface area contributed by atoms with Crippen LogP contribution in [0.25, 0.3) is 16.7 Å². The molecule has 162 valence electrons. The number of carbonyl (C=O) groups is 1. The van der Waals surface area contributed by atoms with Crippen LogP contribution in [0.1, 0.15) is 38.5 Å². The molecule has 1 N–H and O–H groups in total. The van der Waals surface area contributed by atoms with E-state index in [9.17, 15) is 4.79 Å². The van der Waals surface area contributed by atoms with Crippen molar-refractivity contribution >= 4 is 22.8 Å². The van der Waals surface area contributed by atoms with E-state index in [1.54, 1.807) is 24.2 Å². The summed E-state index contributed by atoms with van der Waals surface area (Å²) in [5.41, 5.74) is 0.935. The normalized spacial score (nSPS) is 21.4. The van der Waals surface area contributed by atoms with Crippen LogP contribution < -0.4 is 10.1 Å². The monoisotopic (exact) mass is 420 g/mol. The number of aromatic nitrogens is 4. The second-order valence-electron chi connectivity index (χ2n) is 8.41. The van der Waals surface area contributed by atoms with Crippen LogP contribution in [0.4, 0.5) is 5.95 Å². The Bertz CT molecular complexity index is 1070. The minimum absolute atomic E-state index is 0.175. The van der Waals surface area contributed by atoms with Crippen molar-refractivity contribution in [1.29, 1.82) is 0 Å². The fraction of sp³-hybridized carbons (Fsp3) is 0.478. The molecule has 2 fully saturated rings. The lowest BCUT2D eigenvalue weighted by molar-refractivity contribution is -0.135. The lowest BCUT2D eigenvalue weighted by Gasteiger charge is -2.30. The van der Waals surface area contributed by atoms with Gasteiger partial charge in [0.05, 0.1) is 24.2 Å². The van der Waals surface area contributed by atoms with Gasteiger partial charge in [-0.1, -0.05) is 6.07 Å². The molecular formula is C23H28N6O2. The van der Waals surface area contributed by atoms with Gasteiger partial charge in [0.25, 0.3) is 0 Å². The largest absolute Gasteiger partial charge is 0.496 e. The minimum atomic E-state index is 0.175. The van der Waals surface area contributed by atoms with Gasteiger partial charge in [-0.05, 0) is 50.7 Å². The molecule has 1 amide bonds. The van der Waals surface area contributed by atoms with Crippen LogP contribution in [-0.4, -0.2) is 56.8 Å². The Labute approximate surface area is 181 Å². The molecule has 0 radical (unpaired) electrons. The zero-order chi connectivity index (χ0) is 21.2.